The summed E-state index contributed by atoms with van der Waals surface area (Å²) in [6, 6.07) is 16.7. The van der Waals surface area contributed by atoms with E-state index in [0.29, 0.717) is 6.61 Å². The fourth-order valence-corrected chi connectivity index (χ4v) is 2.94. The van der Waals surface area contributed by atoms with E-state index in [2.05, 4.69) is 58.2 Å². The number of amidine groups is 1. The predicted octanol–water partition coefficient (Wildman–Crippen LogP) is 3.35. The van der Waals surface area contributed by atoms with Gasteiger partial charge in [0.15, 0.2) is 5.54 Å². The highest BCUT2D eigenvalue weighted by Crippen LogP contribution is 2.38. The SMILES string of the molecule is Cc1cccc(C2(c3cccc(Br)c3)COC(N)=N2)c1. The van der Waals surface area contributed by atoms with Gasteiger partial charge in [-0.2, -0.15) is 0 Å². The first-order valence-corrected chi connectivity index (χ1v) is 7.21. The van der Waals surface area contributed by atoms with Crippen LogP contribution >= 0.6 is 15.9 Å². The Kier molecular flexibility index (Phi) is 3.26. The smallest absolute Gasteiger partial charge is 0.283 e. The highest BCUT2D eigenvalue weighted by atomic mass is 79.9. The lowest BCUT2D eigenvalue weighted by atomic mass is 9.84. The van der Waals surface area contributed by atoms with Crippen molar-refractivity contribution in [2.24, 2.45) is 10.7 Å². The number of nitrogens with zero attached hydrogens (tertiary/aromatic N) is 1. The summed E-state index contributed by atoms with van der Waals surface area (Å²) in [5.41, 5.74) is 8.57. The van der Waals surface area contributed by atoms with E-state index >= 15 is 0 Å². The fourth-order valence-electron chi connectivity index (χ4n) is 2.54. The quantitative estimate of drug-likeness (QED) is 0.917. The van der Waals surface area contributed by atoms with Crippen LogP contribution in [0.1, 0.15) is 16.7 Å². The van der Waals surface area contributed by atoms with E-state index in [1.165, 1.54) is 5.56 Å². The molecule has 2 aromatic rings. The zero-order valence-corrected chi connectivity index (χ0v) is 12.7. The van der Waals surface area contributed by atoms with Crippen LogP contribution in [0.25, 0.3) is 0 Å². The van der Waals surface area contributed by atoms with E-state index in [1.54, 1.807) is 0 Å². The lowest BCUT2D eigenvalue weighted by molar-refractivity contribution is 0.278. The molecule has 2 N–H and O–H groups in total. The number of benzene rings is 2. The highest BCUT2D eigenvalue weighted by Gasteiger charge is 2.40. The molecule has 0 fully saturated rings. The number of aliphatic imine (C=N–C) groups is 1. The van der Waals surface area contributed by atoms with Crippen molar-refractivity contribution in [2.45, 2.75) is 12.5 Å². The Morgan fingerprint density at radius 2 is 1.85 bits per heavy atom. The van der Waals surface area contributed by atoms with Crippen molar-refractivity contribution in [1.29, 1.82) is 0 Å². The third kappa shape index (κ3) is 2.20. The Morgan fingerprint density at radius 1 is 1.15 bits per heavy atom. The molecule has 0 aliphatic carbocycles. The van der Waals surface area contributed by atoms with Gasteiger partial charge in [0, 0.05) is 4.47 Å². The average molecular weight is 331 g/mol. The van der Waals surface area contributed by atoms with Gasteiger partial charge in [-0.05, 0) is 30.2 Å². The van der Waals surface area contributed by atoms with Gasteiger partial charge in [-0.15, -0.1) is 0 Å². The lowest BCUT2D eigenvalue weighted by Crippen LogP contribution is -2.27. The molecule has 0 spiro atoms. The molecule has 4 heteroatoms. The van der Waals surface area contributed by atoms with Crippen molar-refractivity contribution in [1.82, 2.24) is 0 Å². The second kappa shape index (κ2) is 4.94. The second-order valence-electron chi connectivity index (χ2n) is 4.98. The standard InChI is InChI=1S/C16H15BrN2O/c1-11-4-2-5-12(8-11)16(10-20-15(18)19-16)13-6-3-7-14(17)9-13/h2-9H,10H2,1H3,(H2,18,19). The maximum atomic E-state index is 5.78. The Morgan fingerprint density at radius 3 is 2.45 bits per heavy atom. The third-order valence-corrected chi connectivity index (χ3v) is 4.02. The minimum atomic E-state index is -0.556. The molecule has 3 nitrogen and oxygen atoms in total. The van der Waals surface area contributed by atoms with Gasteiger partial charge in [0.05, 0.1) is 0 Å². The summed E-state index contributed by atoms with van der Waals surface area (Å²) in [6.07, 6.45) is 0. The Balaban J connectivity index is 2.21. The molecule has 20 heavy (non-hydrogen) atoms. The van der Waals surface area contributed by atoms with Crippen LogP contribution in [-0.2, 0) is 10.3 Å². The number of halogens is 1. The molecule has 0 aromatic heterocycles. The minimum Gasteiger partial charge on any atom is -0.462 e. The van der Waals surface area contributed by atoms with Gasteiger partial charge < -0.3 is 10.5 Å². The fraction of sp³-hybridized carbons (Fsp3) is 0.188. The van der Waals surface area contributed by atoms with E-state index in [0.717, 1.165) is 15.6 Å². The van der Waals surface area contributed by atoms with Crippen molar-refractivity contribution < 1.29 is 4.74 Å². The van der Waals surface area contributed by atoms with E-state index < -0.39 is 5.54 Å². The molecular formula is C16H15BrN2O. The van der Waals surface area contributed by atoms with Crippen LogP contribution in [-0.4, -0.2) is 12.6 Å². The molecule has 1 atom stereocenters. The molecule has 1 heterocycles. The molecule has 1 unspecified atom stereocenters. The Hall–Kier alpha value is -1.81. The first-order valence-electron chi connectivity index (χ1n) is 6.41. The highest BCUT2D eigenvalue weighted by molar-refractivity contribution is 9.10. The summed E-state index contributed by atoms with van der Waals surface area (Å²) in [4.78, 5) is 4.59. The van der Waals surface area contributed by atoms with Crippen molar-refractivity contribution in [3.63, 3.8) is 0 Å². The number of ether oxygens (including phenoxy) is 1. The van der Waals surface area contributed by atoms with Crippen molar-refractivity contribution in [2.75, 3.05) is 6.61 Å². The lowest BCUT2D eigenvalue weighted by Gasteiger charge is -2.25. The summed E-state index contributed by atoms with van der Waals surface area (Å²) in [5, 5.41) is 0. The topological polar surface area (TPSA) is 47.6 Å². The average Bonchev–Trinajstić information content (AvgIpc) is 2.82. The Bertz CT molecular complexity index is 636. The molecule has 0 radical (unpaired) electrons. The maximum absolute atomic E-state index is 5.78. The summed E-state index contributed by atoms with van der Waals surface area (Å²) in [6.45, 7) is 2.50. The van der Waals surface area contributed by atoms with E-state index in [-0.39, 0.29) is 6.02 Å². The molecule has 3 rings (SSSR count). The molecule has 2 aromatic carbocycles. The van der Waals surface area contributed by atoms with Gasteiger partial charge in [0.1, 0.15) is 6.61 Å². The molecule has 0 saturated heterocycles. The molecule has 0 amide bonds. The minimum absolute atomic E-state index is 0.242. The molecule has 1 aliphatic heterocycles. The van der Waals surface area contributed by atoms with Crippen molar-refractivity contribution in [3.05, 3.63) is 69.7 Å². The van der Waals surface area contributed by atoms with E-state index in [4.69, 9.17) is 10.5 Å². The summed E-state index contributed by atoms with van der Waals surface area (Å²) in [7, 11) is 0. The number of hydrogen-bond donors (Lipinski definition) is 1. The van der Waals surface area contributed by atoms with E-state index in [9.17, 15) is 0 Å². The number of rotatable bonds is 2. The number of aryl methyl sites for hydroxylation is 1. The molecule has 0 saturated carbocycles. The molecule has 1 aliphatic rings. The van der Waals surface area contributed by atoms with Gasteiger partial charge in [0.2, 0.25) is 0 Å². The largest absolute Gasteiger partial charge is 0.462 e. The van der Waals surface area contributed by atoms with Crippen molar-refractivity contribution in [3.8, 4) is 0 Å². The maximum Gasteiger partial charge on any atom is 0.283 e. The molecule has 0 bridgehead atoms. The van der Waals surface area contributed by atoms with Crippen LogP contribution in [0.4, 0.5) is 0 Å². The van der Waals surface area contributed by atoms with Crippen LogP contribution in [0.5, 0.6) is 0 Å². The van der Waals surface area contributed by atoms with Crippen LogP contribution in [0.2, 0.25) is 0 Å². The first-order chi connectivity index (χ1) is 9.60. The van der Waals surface area contributed by atoms with E-state index in [1.807, 2.05) is 18.2 Å². The van der Waals surface area contributed by atoms with Gasteiger partial charge in [-0.1, -0.05) is 57.9 Å². The van der Waals surface area contributed by atoms with Crippen molar-refractivity contribution >= 4 is 22.0 Å². The van der Waals surface area contributed by atoms with Gasteiger partial charge in [0.25, 0.3) is 6.02 Å². The van der Waals surface area contributed by atoms with Gasteiger partial charge in [-0.3, -0.25) is 0 Å². The van der Waals surface area contributed by atoms with Crippen LogP contribution in [0, 0.1) is 6.92 Å². The summed E-state index contributed by atoms with van der Waals surface area (Å²) in [5.74, 6) is 0. The molecule has 102 valence electrons. The van der Waals surface area contributed by atoms with Crippen LogP contribution in [0.15, 0.2) is 58.0 Å². The number of nitrogens with two attached hydrogens (primary N) is 1. The first kappa shape index (κ1) is 13.2. The monoisotopic (exact) mass is 330 g/mol. The number of hydrogen-bond acceptors (Lipinski definition) is 3. The zero-order valence-electron chi connectivity index (χ0n) is 11.1. The van der Waals surface area contributed by atoms with Crippen LogP contribution in [0.3, 0.4) is 0 Å². The molecular weight excluding hydrogens is 316 g/mol. The Labute approximate surface area is 126 Å². The normalized spacial score (nSPS) is 21.4. The van der Waals surface area contributed by atoms with Gasteiger partial charge >= 0.3 is 0 Å². The zero-order chi connectivity index (χ0) is 14.2. The van der Waals surface area contributed by atoms with Gasteiger partial charge in [-0.25, -0.2) is 4.99 Å². The predicted molar refractivity (Wildman–Crippen MR) is 83.7 cm³/mol. The second-order valence-corrected chi connectivity index (χ2v) is 5.89. The summed E-state index contributed by atoms with van der Waals surface area (Å²) >= 11 is 3.52. The summed E-state index contributed by atoms with van der Waals surface area (Å²) < 4.78 is 6.49. The third-order valence-electron chi connectivity index (χ3n) is 3.53. The van der Waals surface area contributed by atoms with Crippen LogP contribution < -0.4 is 5.73 Å².